The Morgan fingerprint density at radius 1 is 1.17 bits per heavy atom. The molecule has 1 saturated carbocycles. The largest absolute Gasteiger partial charge is 0.354 e. The summed E-state index contributed by atoms with van der Waals surface area (Å²) >= 11 is 0. The van der Waals surface area contributed by atoms with E-state index in [9.17, 15) is 4.79 Å². The first-order chi connectivity index (χ1) is 10.4. The molecule has 1 aliphatic carbocycles. The molecule has 2 N–H and O–H groups in total. The van der Waals surface area contributed by atoms with E-state index < -0.39 is 0 Å². The molecule has 136 valence electrons. The Labute approximate surface area is 159 Å². The van der Waals surface area contributed by atoms with Crippen LogP contribution >= 0.6 is 24.0 Å². The molecule has 0 heterocycles. The minimum absolute atomic E-state index is 0. The van der Waals surface area contributed by atoms with Crippen LogP contribution in [0.4, 0.5) is 0 Å². The quantitative estimate of drug-likeness (QED) is 0.365. The zero-order valence-corrected chi connectivity index (χ0v) is 17.7. The van der Waals surface area contributed by atoms with Gasteiger partial charge in [0, 0.05) is 26.2 Å². The number of aliphatic imine (C=N–C) groups is 1. The summed E-state index contributed by atoms with van der Waals surface area (Å²) in [6, 6.07) is 0.863. The lowest BCUT2D eigenvalue weighted by Gasteiger charge is -2.22. The molecule has 1 aliphatic rings. The number of likely N-dealkylation sites (N-methyl/N-ethyl adjacent to an activating group) is 1. The molecule has 0 saturated heterocycles. The second-order valence-corrected chi connectivity index (χ2v) is 7.10. The number of rotatable bonds is 7. The third kappa shape index (κ3) is 10.0. The van der Waals surface area contributed by atoms with E-state index in [4.69, 9.17) is 0 Å². The maximum Gasteiger partial charge on any atom is 0.243 e. The van der Waals surface area contributed by atoms with Gasteiger partial charge >= 0.3 is 0 Å². The van der Waals surface area contributed by atoms with Gasteiger partial charge in [-0.2, -0.15) is 0 Å². The molecule has 0 aromatic carbocycles. The van der Waals surface area contributed by atoms with Crippen molar-refractivity contribution in [1.29, 1.82) is 0 Å². The number of hydrogen-bond acceptors (Lipinski definition) is 2. The second kappa shape index (κ2) is 11.9. The average Bonchev–Trinajstić information content (AvgIpc) is 2.94. The number of nitrogens with zero attached hydrogens (tertiary/aromatic N) is 2. The van der Waals surface area contributed by atoms with Crippen LogP contribution in [0.3, 0.4) is 0 Å². The van der Waals surface area contributed by atoms with Gasteiger partial charge in [0.1, 0.15) is 6.54 Å². The molecule has 1 atom stereocenters. The van der Waals surface area contributed by atoms with Crippen molar-refractivity contribution in [2.24, 2.45) is 10.9 Å². The number of amides is 1. The van der Waals surface area contributed by atoms with Crippen LogP contribution in [0.1, 0.15) is 59.3 Å². The first-order valence-corrected chi connectivity index (χ1v) is 8.66. The van der Waals surface area contributed by atoms with Gasteiger partial charge in [-0.1, -0.05) is 26.7 Å². The van der Waals surface area contributed by atoms with E-state index in [2.05, 4.69) is 36.4 Å². The summed E-state index contributed by atoms with van der Waals surface area (Å²) in [5, 5.41) is 6.96. The zero-order valence-electron chi connectivity index (χ0n) is 15.4. The third-order valence-electron chi connectivity index (χ3n) is 4.13. The minimum atomic E-state index is 0. The van der Waals surface area contributed by atoms with Crippen LogP contribution < -0.4 is 10.6 Å². The first kappa shape index (κ1) is 22.5. The molecular weight excluding hydrogens is 403 g/mol. The normalized spacial score (nSPS) is 16.9. The Bertz CT molecular complexity index is 366. The number of hydrogen-bond donors (Lipinski definition) is 2. The Morgan fingerprint density at radius 2 is 1.78 bits per heavy atom. The lowest BCUT2D eigenvalue weighted by molar-refractivity contribution is -0.127. The minimum Gasteiger partial charge on any atom is -0.354 e. The third-order valence-corrected chi connectivity index (χ3v) is 4.13. The van der Waals surface area contributed by atoms with Gasteiger partial charge < -0.3 is 15.5 Å². The fourth-order valence-corrected chi connectivity index (χ4v) is 2.57. The van der Waals surface area contributed by atoms with Gasteiger partial charge in [0.05, 0.1) is 0 Å². The molecule has 1 unspecified atom stereocenters. The van der Waals surface area contributed by atoms with Gasteiger partial charge in [0.15, 0.2) is 5.96 Å². The summed E-state index contributed by atoms with van der Waals surface area (Å²) in [5.41, 5.74) is 0. The van der Waals surface area contributed by atoms with Crippen molar-refractivity contribution < 1.29 is 4.79 Å². The molecule has 0 aromatic heterocycles. The SMILES string of the molecule is CC(C)CCC(C)NC(=NCC(=O)N(C)C)NC1CCCC1.I. The topological polar surface area (TPSA) is 56.7 Å². The monoisotopic (exact) mass is 438 g/mol. The molecule has 6 heteroatoms. The van der Waals surface area contributed by atoms with Crippen LogP contribution in [0.2, 0.25) is 0 Å². The molecule has 0 radical (unpaired) electrons. The van der Waals surface area contributed by atoms with Crippen LogP contribution in [0.5, 0.6) is 0 Å². The van der Waals surface area contributed by atoms with Crippen molar-refractivity contribution in [3.8, 4) is 0 Å². The Morgan fingerprint density at radius 3 is 2.30 bits per heavy atom. The highest BCUT2D eigenvalue weighted by Gasteiger charge is 2.17. The maximum atomic E-state index is 11.7. The maximum absolute atomic E-state index is 11.7. The van der Waals surface area contributed by atoms with E-state index in [1.165, 1.54) is 32.1 Å². The molecule has 1 rings (SSSR count). The number of carbonyl (C=O) groups excluding carboxylic acids is 1. The van der Waals surface area contributed by atoms with E-state index >= 15 is 0 Å². The summed E-state index contributed by atoms with van der Waals surface area (Å²) in [4.78, 5) is 17.8. The van der Waals surface area contributed by atoms with Gasteiger partial charge in [0.2, 0.25) is 5.91 Å². The first-order valence-electron chi connectivity index (χ1n) is 8.66. The molecule has 1 fully saturated rings. The van der Waals surface area contributed by atoms with Crippen molar-refractivity contribution in [2.45, 2.75) is 71.4 Å². The van der Waals surface area contributed by atoms with Crippen molar-refractivity contribution in [1.82, 2.24) is 15.5 Å². The van der Waals surface area contributed by atoms with Crippen molar-refractivity contribution in [3.05, 3.63) is 0 Å². The summed E-state index contributed by atoms with van der Waals surface area (Å²) < 4.78 is 0. The summed E-state index contributed by atoms with van der Waals surface area (Å²) in [6.45, 7) is 6.87. The van der Waals surface area contributed by atoms with E-state index in [-0.39, 0.29) is 36.4 Å². The molecule has 1 amide bonds. The Hall–Kier alpha value is -0.530. The van der Waals surface area contributed by atoms with Gasteiger partial charge in [-0.25, -0.2) is 4.99 Å². The van der Waals surface area contributed by atoms with Crippen molar-refractivity contribution >= 4 is 35.8 Å². The predicted octanol–water partition coefficient (Wildman–Crippen LogP) is 3.00. The van der Waals surface area contributed by atoms with Gasteiger partial charge in [-0.05, 0) is 38.5 Å². The zero-order chi connectivity index (χ0) is 16.5. The van der Waals surface area contributed by atoms with Crippen LogP contribution in [-0.4, -0.2) is 49.5 Å². The van der Waals surface area contributed by atoms with Gasteiger partial charge in [-0.3, -0.25) is 4.79 Å². The molecule has 0 spiro atoms. The van der Waals surface area contributed by atoms with Crippen LogP contribution in [0.15, 0.2) is 4.99 Å². The number of carbonyl (C=O) groups is 1. The summed E-state index contributed by atoms with van der Waals surface area (Å²) in [7, 11) is 3.53. The van der Waals surface area contributed by atoms with Crippen LogP contribution in [0, 0.1) is 5.92 Å². The second-order valence-electron chi connectivity index (χ2n) is 7.10. The highest BCUT2D eigenvalue weighted by atomic mass is 127. The van der Waals surface area contributed by atoms with Crippen molar-refractivity contribution in [3.63, 3.8) is 0 Å². The molecule has 23 heavy (non-hydrogen) atoms. The average molecular weight is 438 g/mol. The standard InChI is InChI=1S/C17H34N4O.HI/c1-13(2)10-11-14(3)19-17(18-12-16(22)21(4)5)20-15-8-6-7-9-15;/h13-15H,6-12H2,1-5H3,(H2,18,19,20);1H. The lowest BCUT2D eigenvalue weighted by atomic mass is 10.0. The predicted molar refractivity (Wildman–Crippen MR) is 108 cm³/mol. The van der Waals surface area contributed by atoms with Gasteiger partial charge in [0.25, 0.3) is 0 Å². The lowest BCUT2D eigenvalue weighted by Crippen LogP contribution is -2.46. The molecule has 0 aromatic rings. The highest BCUT2D eigenvalue weighted by molar-refractivity contribution is 14.0. The van der Waals surface area contributed by atoms with E-state index in [1.807, 2.05) is 0 Å². The summed E-state index contributed by atoms with van der Waals surface area (Å²) in [6.07, 6.45) is 7.27. The van der Waals surface area contributed by atoms with E-state index in [0.717, 1.165) is 12.4 Å². The molecular formula is C17H35IN4O. The van der Waals surface area contributed by atoms with Crippen LogP contribution in [-0.2, 0) is 4.79 Å². The van der Waals surface area contributed by atoms with Gasteiger partial charge in [-0.15, -0.1) is 24.0 Å². The smallest absolute Gasteiger partial charge is 0.243 e. The number of nitrogens with one attached hydrogen (secondary N) is 2. The fraction of sp³-hybridized carbons (Fsp3) is 0.882. The highest BCUT2D eigenvalue weighted by Crippen LogP contribution is 2.17. The van der Waals surface area contributed by atoms with Crippen molar-refractivity contribution in [2.75, 3.05) is 20.6 Å². The summed E-state index contributed by atoms with van der Waals surface area (Å²) in [5.74, 6) is 1.53. The van der Waals surface area contributed by atoms with E-state index in [1.54, 1.807) is 19.0 Å². The fourth-order valence-electron chi connectivity index (χ4n) is 2.57. The van der Waals surface area contributed by atoms with Crippen LogP contribution in [0.25, 0.3) is 0 Å². The molecule has 5 nitrogen and oxygen atoms in total. The molecule has 0 bridgehead atoms. The Kier molecular flexibility index (Phi) is 11.6. The molecule has 0 aliphatic heterocycles. The van der Waals surface area contributed by atoms with E-state index in [0.29, 0.717) is 18.0 Å². The number of guanidine groups is 1. The Balaban J connectivity index is 0.00000484. The number of halogens is 1.